The highest BCUT2D eigenvalue weighted by Crippen LogP contribution is 2.18. The summed E-state index contributed by atoms with van der Waals surface area (Å²) in [5.74, 6) is -1.06. The number of nitrogens with one attached hydrogen (secondary N) is 2. The van der Waals surface area contributed by atoms with Crippen molar-refractivity contribution in [1.29, 1.82) is 0 Å². The smallest absolute Gasteiger partial charge is 0.287 e. The van der Waals surface area contributed by atoms with E-state index in [9.17, 15) is 14.0 Å². The summed E-state index contributed by atoms with van der Waals surface area (Å²) in [7, 11) is 3.51. The molecule has 128 valence electrons. The molecular formula is C17H20FN3O3. The van der Waals surface area contributed by atoms with Crippen LogP contribution in [0.4, 0.5) is 10.1 Å². The van der Waals surface area contributed by atoms with Crippen molar-refractivity contribution in [2.24, 2.45) is 0 Å². The summed E-state index contributed by atoms with van der Waals surface area (Å²) >= 11 is 0. The normalized spacial score (nSPS) is 11.7. The number of anilines is 1. The molecule has 0 fully saturated rings. The zero-order valence-electron chi connectivity index (χ0n) is 13.8. The lowest BCUT2D eigenvalue weighted by molar-refractivity contribution is -0.122. The Balaban J connectivity index is 1.88. The van der Waals surface area contributed by atoms with Crippen LogP contribution >= 0.6 is 0 Å². The number of carbonyl (C=O) groups excluding carboxylic acids is 2. The fraction of sp³-hybridized carbons (Fsp3) is 0.294. The summed E-state index contributed by atoms with van der Waals surface area (Å²) in [6.07, 6.45) is 1.38. The van der Waals surface area contributed by atoms with Gasteiger partial charge < -0.3 is 20.0 Å². The Hall–Kier alpha value is -2.83. The summed E-state index contributed by atoms with van der Waals surface area (Å²) in [5.41, 5.74) is 1.11. The molecule has 0 aliphatic carbocycles. The van der Waals surface area contributed by atoms with Crippen molar-refractivity contribution >= 4 is 17.5 Å². The van der Waals surface area contributed by atoms with Crippen molar-refractivity contribution in [3.8, 4) is 0 Å². The van der Waals surface area contributed by atoms with Crippen molar-refractivity contribution in [2.45, 2.75) is 19.5 Å². The summed E-state index contributed by atoms with van der Waals surface area (Å²) in [5, 5.41) is 5.19. The van der Waals surface area contributed by atoms with E-state index >= 15 is 0 Å². The maximum Gasteiger partial charge on any atom is 0.287 e. The molecule has 1 atom stereocenters. The topological polar surface area (TPSA) is 74.6 Å². The van der Waals surface area contributed by atoms with E-state index in [-0.39, 0.29) is 24.0 Å². The molecule has 2 N–H and O–H groups in total. The van der Waals surface area contributed by atoms with Crippen molar-refractivity contribution in [3.05, 3.63) is 53.7 Å². The minimum absolute atomic E-state index is 0.135. The van der Waals surface area contributed by atoms with Gasteiger partial charge in [0.15, 0.2) is 5.76 Å². The quantitative estimate of drug-likeness (QED) is 0.847. The van der Waals surface area contributed by atoms with Crippen LogP contribution in [-0.2, 0) is 11.3 Å². The Morgan fingerprint density at radius 1 is 1.29 bits per heavy atom. The van der Waals surface area contributed by atoms with Crippen LogP contribution in [0.1, 0.15) is 23.0 Å². The molecule has 7 heteroatoms. The number of hydrogen-bond acceptors (Lipinski definition) is 4. The zero-order valence-corrected chi connectivity index (χ0v) is 13.8. The molecule has 1 unspecified atom stereocenters. The van der Waals surface area contributed by atoms with Crippen LogP contribution in [0.15, 0.2) is 41.0 Å². The van der Waals surface area contributed by atoms with Gasteiger partial charge in [0, 0.05) is 20.6 Å². The van der Waals surface area contributed by atoms with Gasteiger partial charge >= 0.3 is 0 Å². The second-order valence-corrected chi connectivity index (χ2v) is 5.57. The van der Waals surface area contributed by atoms with Crippen LogP contribution in [0.5, 0.6) is 0 Å². The van der Waals surface area contributed by atoms with Gasteiger partial charge in [0.25, 0.3) is 5.91 Å². The average Bonchev–Trinajstić information content (AvgIpc) is 3.06. The molecule has 1 aromatic heterocycles. The van der Waals surface area contributed by atoms with Gasteiger partial charge in [0.05, 0.1) is 12.0 Å². The molecule has 0 aliphatic heterocycles. The third kappa shape index (κ3) is 4.34. The number of carbonyl (C=O) groups is 2. The fourth-order valence-electron chi connectivity index (χ4n) is 2.11. The molecule has 2 amide bonds. The van der Waals surface area contributed by atoms with Gasteiger partial charge in [0.2, 0.25) is 5.91 Å². The number of halogens is 1. The molecular weight excluding hydrogens is 313 g/mol. The van der Waals surface area contributed by atoms with Crippen molar-refractivity contribution in [3.63, 3.8) is 0 Å². The van der Waals surface area contributed by atoms with E-state index < -0.39 is 11.9 Å². The number of benzene rings is 1. The van der Waals surface area contributed by atoms with Crippen LogP contribution in [0.3, 0.4) is 0 Å². The maximum absolute atomic E-state index is 13.9. The van der Waals surface area contributed by atoms with E-state index in [2.05, 4.69) is 10.6 Å². The summed E-state index contributed by atoms with van der Waals surface area (Å²) in [4.78, 5) is 25.5. The standard InChI is InChI=1S/C17H20FN3O3/c1-11(20-17(23)15-5-4-8-24-15)16(22)19-10-12-6-7-14(21(2)3)13(18)9-12/h4-9,11H,10H2,1-3H3,(H,19,22)(H,20,23). The minimum atomic E-state index is -0.742. The predicted molar refractivity (Wildman–Crippen MR) is 88.2 cm³/mol. The van der Waals surface area contributed by atoms with Gasteiger partial charge in [-0.05, 0) is 36.8 Å². The summed E-state index contributed by atoms with van der Waals surface area (Å²) in [6.45, 7) is 1.73. The van der Waals surface area contributed by atoms with Crippen LogP contribution in [0, 0.1) is 5.82 Å². The van der Waals surface area contributed by atoms with Crippen LogP contribution < -0.4 is 15.5 Å². The molecule has 24 heavy (non-hydrogen) atoms. The first-order valence-electron chi connectivity index (χ1n) is 7.46. The highest BCUT2D eigenvalue weighted by Gasteiger charge is 2.18. The molecule has 2 aromatic rings. The van der Waals surface area contributed by atoms with Gasteiger partial charge in [-0.2, -0.15) is 0 Å². The molecule has 0 radical (unpaired) electrons. The molecule has 0 saturated heterocycles. The Labute approximate surface area is 139 Å². The van der Waals surface area contributed by atoms with E-state index in [4.69, 9.17) is 4.42 Å². The summed E-state index contributed by atoms with van der Waals surface area (Å²) in [6, 6.07) is 7.12. The molecule has 0 aliphatic rings. The second-order valence-electron chi connectivity index (χ2n) is 5.57. The summed E-state index contributed by atoms with van der Waals surface area (Å²) < 4.78 is 18.9. The van der Waals surface area contributed by atoms with Gasteiger partial charge in [-0.15, -0.1) is 0 Å². The molecule has 2 rings (SSSR count). The van der Waals surface area contributed by atoms with Crippen molar-refractivity contribution in [1.82, 2.24) is 10.6 Å². The predicted octanol–water partition coefficient (Wildman–Crippen LogP) is 1.92. The SMILES string of the molecule is CC(NC(=O)c1ccco1)C(=O)NCc1ccc(N(C)C)c(F)c1. The highest BCUT2D eigenvalue weighted by atomic mass is 19.1. The third-order valence-corrected chi connectivity index (χ3v) is 3.45. The van der Waals surface area contributed by atoms with Gasteiger partial charge in [-0.3, -0.25) is 9.59 Å². The van der Waals surface area contributed by atoms with Crippen LogP contribution in [-0.4, -0.2) is 32.0 Å². The zero-order chi connectivity index (χ0) is 17.7. The van der Waals surface area contributed by atoms with E-state index in [0.717, 1.165) is 0 Å². The highest BCUT2D eigenvalue weighted by molar-refractivity contribution is 5.95. The van der Waals surface area contributed by atoms with E-state index in [0.29, 0.717) is 11.3 Å². The number of rotatable bonds is 6. The van der Waals surface area contributed by atoms with E-state index in [1.54, 1.807) is 44.1 Å². The van der Waals surface area contributed by atoms with Crippen LogP contribution in [0.2, 0.25) is 0 Å². The molecule has 1 heterocycles. The molecule has 0 saturated carbocycles. The number of hydrogen-bond donors (Lipinski definition) is 2. The van der Waals surface area contributed by atoms with Crippen molar-refractivity contribution < 1.29 is 18.4 Å². The van der Waals surface area contributed by atoms with Gasteiger partial charge in [-0.25, -0.2) is 4.39 Å². The molecule has 0 bridgehead atoms. The second kappa shape index (κ2) is 7.63. The first-order valence-corrected chi connectivity index (χ1v) is 7.46. The fourth-order valence-corrected chi connectivity index (χ4v) is 2.11. The largest absolute Gasteiger partial charge is 0.459 e. The minimum Gasteiger partial charge on any atom is -0.459 e. The Bertz CT molecular complexity index is 714. The van der Waals surface area contributed by atoms with Crippen LogP contribution in [0.25, 0.3) is 0 Å². The number of nitrogens with zero attached hydrogens (tertiary/aromatic N) is 1. The van der Waals surface area contributed by atoms with Gasteiger partial charge in [0.1, 0.15) is 11.9 Å². The number of furan rings is 1. The Kier molecular flexibility index (Phi) is 5.57. The monoisotopic (exact) mass is 333 g/mol. The van der Waals surface area contributed by atoms with Gasteiger partial charge in [-0.1, -0.05) is 6.07 Å². The lowest BCUT2D eigenvalue weighted by Gasteiger charge is -2.15. The Morgan fingerprint density at radius 3 is 2.62 bits per heavy atom. The van der Waals surface area contributed by atoms with E-state index in [1.165, 1.54) is 18.4 Å². The number of amides is 2. The van der Waals surface area contributed by atoms with E-state index in [1.807, 2.05) is 0 Å². The molecule has 6 nitrogen and oxygen atoms in total. The third-order valence-electron chi connectivity index (χ3n) is 3.45. The molecule has 1 aromatic carbocycles. The lowest BCUT2D eigenvalue weighted by atomic mass is 10.2. The first kappa shape index (κ1) is 17.5. The first-order chi connectivity index (χ1) is 11.4. The van der Waals surface area contributed by atoms with Crippen molar-refractivity contribution in [2.75, 3.05) is 19.0 Å². The maximum atomic E-state index is 13.9. The lowest BCUT2D eigenvalue weighted by Crippen LogP contribution is -2.44. The Morgan fingerprint density at radius 2 is 2.04 bits per heavy atom. The average molecular weight is 333 g/mol. The molecule has 0 spiro atoms.